The molecule has 0 amide bonds. The monoisotopic (exact) mass is 347 g/mol. The second-order valence-electron chi connectivity index (χ2n) is 5.30. The molecule has 0 saturated carbocycles. The minimum absolute atomic E-state index is 0.326. The summed E-state index contributed by atoms with van der Waals surface area (Å²) in [5.74, 6) is 1.68. The zero-order valence-electron chi connectivity index (χ0n) is 11.9. The molecule has 1 aliphatic rings. The second-order valence-corrected chi connectivity index (χ2v) is 6.22. The first-order valence-corrected chi connectivity index (χ1v) is 7.86. The normalized spacial score (nSPS) is 14.2. The van der Waals surface area contributed by atoms with Crippen LogP contribution in [0, 0.1) is 0 Å². The Hall–Kier alpha value is -1.52. The third-order valence-corrected chi connectivity index (χ3v) is 4.08. The molecule has 4 heteroatoms. The van der Waals surface area contributed by atoms with E-state index in [4.69, 9.17) is 9.47 Å². The summed E-state index contributed by atoms with van der Waals surface area (Å²) in [4.78, 5) is 0. The van der Waals surface area contributed by atoms with E-state index < -0.39 is 0 Å². The molecule has 0 spiro atoms. The summed E-state index contributed by atoms with van der Waals surface area (Å²) in [6.45, 7) is 3.36. The topological polar surface area (TPSA) is 30.5 Å². The first kappa shape index (κ1) is 14.4. The van der Waals surface area contributed by atoms with Gasteiger partial charge >= 0.3 is 0 Å². The summed E-state index contributed by atoms with van der Waals surface area (Å²) in [7, 11) is 0. The quantitative estimate of drug-likeness (QED) is 0.889. The van der Waals surface area contributed by atoms with Crippen molar-refractivity contribution in [3.63, 3.8) is 0 Å². The van der Waals surface area contributed by atoms with Gasteiger partial charge in [0.2, 0.25) is 6.79 Å². The van der Waals surface area contributed by atoms with Crippen molar-refractivity contribution in [1.82, 2.24) is 5.32 Å². The maximum absolute atomic E-state index is 5.40. The van der Waals surface area contributed by atoms with E-state index in [-0.39, 0.29) is 0 Å². The Balaban J connectivity index is 1.53. The Kier molecular flexibility index (Phi) is 4.46. The molecule has 1 heterocycles. The van der Waals surface area contributed by atoms with Gasteiger partial charge in [0.25, 0.3) is 0 Å². The van der Waals surface area contributed by atoms with Gasteiger partial charge in [0.15, 0.2) is 11.5 Å². The number of halogens is 1. The summed E-state index contributed by atoms with van der Waals surface area (Å²) in [5.41, 5.74) is 2.55. The molecular formula is C17H18BrNO2. The molecule has 0 saturated heterocycles. The molecule has 0 bridgehead atoms. The smallest absolute Gasteiger partial charge is 0.231 e. The maximum Gasteiger partial charge on any atom is 0.231 e. The lowest BCUT2D eigenvalue weighted by atomic mass is 10.1. The summed E-state index contributed by atoms with van der Waals surface area (Å²) in [6, 6.07) is 15.0. The van der Waals surface area contributed by atoms with Gasteiger partial charge in [0.1, 0.15) is 0 Å². The van der Waals surface area contributed by atoms with Gasteiger partial charge < -0.3 is 14.8 Å². The van der Waals surface area contributed by atoms with Gasteiger partial charge in [-0.3, -0.25) is 0 Å². The summed E-state index contributed by atoms with van der Waals surface area (Å²) in [5, 5.41) is 3.55. The van der Waals surface area contributed by atoms with Gasteiger partial charge in [-0.2, -0.15) is 0 Å². The van der Waals surface area contributed by atoms with E-state index in [0.29, 0.717) is 12.8 Å². The van der Waals surface area contributed by atoms with Crippen LogP contribution in [0.25, 0.3) is 0 Å². The number of rotatable bonds is 5. The molecule has 3 rings (SSSR count). The molecule has 110 valence electrons. The summed E-state index contributed by atoms with van der Waals surface area (Å²) >= 11 is 3.46. The minimum Gasteiger partial charge on any atom is -0.454 e. The van der Waals surface area contributed by atoms with Gasteiger partial charge in [0, 0.05) is 17.1 Å². The van der Waals surface area contributed by atoms with Crippen LogP contribution in [0.15, 0.2) is 46.9 Å². The van der Waals surface area contributed by atoms with Crippen molar-refractivity contribution in [1.29, 1.82) is 0 Å². The van der Waals surface area contributed by atoms with E-state index >= 15 is 0 Å². The van der Waals surface area contributed by atoms with Crippen LogP contribution in [0.1, 0.15) is 18.1 Å². The summed E-state index contributed by atoms with van der Waals surface area (Å²) in [6.07, 6.45) is 1.01. The third-order valence-electron chi connectivity index (χ3n) is 3.55. The Morgan fingerprint density at radius 3 is 2.57 bits per heavy atom. The fraction of sp³-hybridized carbons (Fsp3) is 0.294. The Labute approximate surface area is 133 Å². The van der Waals surface area contributed by atoms with Crippen LogP contribution in [0.4, 0.5) is 0 Å². The molecule has 1 unspecified atom stereocenters. The highest BCUT2D eigenvalue weighted by molar-refractivity contribution is 9.10. The number of benzene rings is 2. The van der Waals surface area contributed by atoms with Gasteiger partial charge in [-0.05, 0) is 48.7 Å². The molecule has 1 atom stereocenters. The van der Waals surface area contributed by atoms with Crippen molar-refractivity contribution in [2.45, 2.75) is 25.9 Å². The lowest BCUT2D eigenvalue weighted by Gasteiger charge is -2.14. The van der Waals surface area contributed by atoms with Crippen LogP contribution in [0.5, 0.6) is 11.5 Å². The molecule has 0 aliphatic carbocycles. The van der Waals surface area contributed by atoms with Gasteiger partial charge in [-0.15, -0.1) is 0 Å². The number of hydrogen-bond donors (Lipinski definition) is 1. The Morgan fingerprint density at radius 2 is 1.76 bits per heavy atom. The van der Waals surface area contributed by atoms with Crippen molar-refractivity contribution >= 4 is 15.9 Å². The van der Waals surface area contributed by atoms with E-state index in [1.54, 1.807) is 0 Å². The third kappa shape index (κ3) is 3.77. The zero-order chi connectivity index (χ0) is 14.7. The van der Waals surface area contributed by atoms with Crippen molar-refractivity contribution in [3.05, 3.63) is 58.1 Å². The van der Waals surface area contributed by atoms with Gasteiger partial charge in [0.05, 0.1) is 0 Å². The van der Waals surface area contributed by atoms with Crippen LogP contribution in [0.3, 0.4) is 0 Å². The highest BCUT2D eigenvalue weighted by Gasteiger charge is 2.13. The average Bonchev–Trinajstić information content (AvgIpc) is 2.95. The van der Waals surface area contributed by atoms with Crippen LogP contribution >= 0.6 is 15.9 Å². The van der Waals surface area contributed by atoms with E-state index in [2.05, 4.69) is 58.5 Å². The van der Waals surface area contributed by atoms with Crippen LogP contribution in [-0.4, -0.2) is 12.8 Å². The highest BCUT2D eigenvalue weighted by Crippen LogP contribution is 2.32. The van der Waals surface area contributed by atoms with E-state index in [1.807, 2.05) is 12.1 Å². The second kappa shape index (κ2) is 6.50. The molecule has 1 aliphatic heterocycles. The van der Waals surface area contributed by atoms with Gasteiger partial charge in [-0.1, -0.05) is 34.1 Å². The average molecular weight is 348 g/mol. The number of nitrogens with one attached hydrogen (secondary N) is 1. The molecular weight excluding hydrogens is 330 g/mol. The standard InChI is InChI=1S/C17H18BrNO2/c1-12(8-13-2-5-15(18)6-3-13)19-10-14-4-7-16-17(9-14)21-11-20-16/h2-7,9,12,19H,8,10-11H2,1H3. The number of hydrogen-bond acceptors (Lipinski definition) is 3. The largest absolute Gasteiger partial charge is 0.454 e. The number of ether oxygens (including phenoxy) is 2. The first-order valence-electron chi connectivity index (χ1n) is 7.07. The van der Waals surface area contributed by atoms with Crippen molar-refractivity contribution in [3.8, 4) is 11.5 Å². The van der Waals surface area contributed by atoms with Crippen LogP contribution in [-0.2, 0) is 13.0 Å². The minimum atomic E-state index is 0.326. The maximum atomic E-state index is 5.40. The fourth-order valence-corrected chi connectivity index (χ4v) is 2.65. The Bertz CT molecular complexity index is 613. The van der Waals surface area contributed by atoms with Crippen molar-refractivity contribution in [2.24, 2.45) is 0 Å². The fourth-order valence-electron chi connectivity index (χ4n) is 2.39. The van der Waals surface area contributed by atoms with E-state index in [0.717, 1.165) is 28.9 Å². The molecule has 0 aromatic heterocycles. The molecule has 3 nitrogen and oxygen atoms in total. The van der Waals surface area contributed by atoms with E-state index in [9.17, 15) is 0 Å². The van der Waals surface area contributed by atoms with Crippen LogP contribution in [0.2, 0.25) is 0 Å². The number of fused-ring (bicyclic) bond motifs is 1. The van der Waals surface area contributed by atoms with E-state index in [1.165, 1.54) is 11.1 Å². The zero-order valence-corrected chi connectivity index (χ0v) is 13.5. The molecule has 0 radical (unpaired) electrons. The molecule has 2 aromatic carbocycles. The molecule has 2 aromatic rings. The lowest BCUT2D eigenvalue weighted by molar-refractivity contribution is 0.174. The molecule has 21 heavy (non-hydrogen) atoms. The van der Waals surface area contributed by atoms with Crippen molar-refractivity contribution in [2.75, 3.05) is 6.79 Å². The van der Waals surface area contributed by atoms with Crippen molar-refractivity contribution < 1.29 is 9.47 Å². The lowest BCUT2D eigenvalue weighted by Crippen LogP contribution is -2.27. The Morgan fingerprint density at radius 1 is 1.05 bits per heavy atom. The SMILES string of the molecule is CC(Cc1ccc(Br)cc1)NCc1ccc2c(c1)OCO2. The summed E-state index contributed by atoms with van der Waals surface area (Å²) < 4.78 is 11.8. The highest BCUT2D eigenvalue weighted by atomic mass is 79.9. The predicted molar refractivity (Wildman–Crippen MR) is 86.7 cm³/mol. The predicted octanol–water partition coefficient (Wildman–Crippen LogP) is 3.90. The first-order chi connectivity index (χ1) is 10.2. The van der Waals surface area contributed by atoms with Gasteiger partial charge in [-0.25, -0.2) is 0 Å². The molecule has 0 fully saturated rings. The van der Waals surface area contributed by atoms with Crippen LogP contribution < -0.4 is 14.8 Å². The molecule has 1 N–H and O–H groups in total.